The van der Waals surface area contributed by atoms with Crippen LogP contribution in [0.15, 0.2) is 16.6 Å². The molecule has 0 aliphatic rings. The minimum atomic E-state index is -0.468. The number of rotatable bonds is 3. The first-order chi connectivity index (χ1) is 7.29. The van der Waals surface area contributed by atoms with Crippen molar-refractivity contribution in [3.63, 3.8) is 0 Å². The van der Waals surface area contributed by atoms with Gasteiger partial charge in [-0.2, -0.15) is 0 Å². The summed E-state index contributed by atoms with van der Waals surface area (Å²) in [5.41, 5.74) is 7.04. The molecule has 0 heterocycles. The highest BCUT2D eigenvalue weighted by Crippen LogP contribution is 2.38. The summed E-state index contributed by atoms with van der Waals surface area (Å²) < 4.78 is 0.877. The van der Waals surface area contributed by atoms with E-state index in [2.05, 4.69) is 15.9 Å². The van der Waals surface area contributed by atoms with Crippen LogP contribution in [0.2, 0.25) is 0 Å². The fourth-order valence-corrected chi connectivity index (χ4v) is 2.11. The third kappa shape index (κ3) is 3.58. The van der Waals surface area contributed by atoms with E-state index in [1.807, 2.05) is 26.8 Å². The predicted molar refractivity (Wildman–Crippen MR) is 75.6 cm³/mol. The summed E-state index contributed by atoms with van der Waals surface area (Å²) in [6.07, 6.45) is 0. The van der Waals surface area contributed by atoms with Gasteiger partial charge in [-0.15, -0.1) is 12.4 Å². The average molecular weight is 325 g/mol. The molecular weight excluding hydrogens is 305 g/mol. The highest BCUT2D eigenvalue weighted by molar-refractivity contribution is 9.10. The Kier molecular flexibility index (Phi) is 5.94. The monoisotopic (exact) mass is 323 g/mol. The highest BCUT2D eigenvalue weighted by atomic mass is 79.9. The molecule has 0 amide bonds. The van der Waals surface area contributed by atoms with Crippen molar-refractivity contribution in [1.82, 2.24) is 0 Å². The summed E-state index contributed by atoms with van der Waals surface area (Å²) in [5.74, 6) is 0.206. The van der Waals surface area contributed by atoms with E-state index in [4.69, 9.17) is 5.73 Å². The Bertz CT molecular complexity index is 396. The summed E-state index contributed by atoms with van der Waals surface area (Å²) in [5, 5.41) is 19.3. The Morgan fingerprint density at radius 1 is 1.41 bits per heavy atom. The van der Waals surface area contributed by atoms with Gasteiger partial charge in [-0.3, -0.25) is 0 Å². The molecule has 5 heteroatoms. The maximum absolute atomic E-state index is 9.97. The maximum Gasteiger partial charge on any atom is 0.123 e. The molecule has 0 aromatic heterocycles. The second-order valence-electron chi connectivity index (χ2n) is 4.78. The number of aromatic hydroxyl groups is 1. The number of benzene rings is 1. The molecule has 3 nitrogen and oxygen atoms in total. The zero-order chi connectivity index (χ0) is 12.5. The molecule has 0 saturated carbocycles. The van der Waals surface area contributed by atoms with Crippen LogP contribution in [0.4, 0.5) is 0 Å². The van der Waals surface area contributed by atoms with Gasteiger partial charge in [0.05, 0.1) is 0 Å². The van der Waals surface area contributed by atoms with Crippen molar-refractivity contribution in [2.24, 2.45) is 11.1 Å². The summed E-state index contributed by atoms with van der Waals surface area (Å²) >= 11 is 3.37. The number of aliphatic hydroxyl groups excluding tert-OH is 1. The molecule has 0 fully saturated rings. The standard InChI is InChI=1S/C12H18BrNO2.ClH/c1-7-4-8(13)5-9(10(7)16)11(14)12(2,3)6-15;/h4-5,11,15-16H,6,14H2,1-3H3;1H/t11-;/m0./s1. The fourth-order valence-electron chi connectivity index (χ4n) is 1.52. The van der Waals surface area contributed by atoms with Crippen molar-refractivity contribution in [2.75, 3.05) is 6.61 Å². The van der Waals surface area contributed by atoms with E-state index in [-0.39, 0.29) is 24.8 Å². The van der Waals surface area contributed by atoms with Gasteiger partial charge in [0.2, 0.25) is 0 Å². The Morgan fingerprint density at radius 3 is 2.41 bits per heavy atom. The van der Waals surface area contributed by atoms with Gasteiger partial charge in [0.1, 0.15) is 5.75 Å². The Labute approximate surface area is 117 Å². The third-order valence-electron chi connectivity index (χ3n) is 2.88. The maximum atomic E-state index is 9.97. The topological polar surface area (TPSA) is 66.5 Å². The summed E-state index contributed by atoms with van der Waals surface area (Å²) in [7, 11) is 0. The predicted octanol–water partition coefficient (Wildman–Crippen LogP) is 2.90. The van der Waals surface area contributed by atoms with E-state index in [0.29, 0.717) is 5.56 Å². The molecule has 0 bridgehead atoms. The second kappa shape index (κ2) is 6.05. The molecule has 0 unspecified atom stereocenters. The molecule has 17 heavy (non-hydrogen) atoms. The van der Waals surface area contributed by atoms with Crippen molar-refractivity contribution < 1.29 is 10.2 Å². The van der Waals surface area contributed by atoms with Crippen LogP contribution in [-0.2, 0) is 0 Å². The molecule has 0 radical (unpaired) electrons. The quantitative estimate of drug-likeness (QED) is 0.801. The van der Waals surface area contributed by atoms with Crippen molar-refractivity contribution in [1.29, 1.82) is 0 Å². The lowest BCUT2D eigenvalue weighted by molar-refractivity contribution is 0.131. The minimum absolute atomic E-state index is 0. The molecule has 4 N–H and O–H groups in total. The van der Waals surface area contributed by atoms with E-state index in [0.717, 1.165) is 10.0 Å². The molecule has 0 aliphatic heterocycles. The number of halogens is 2. The van der Waals surface area contributed by atoms with Gasteiger partial charge >= 0.3 is 0 Å². The van der Waals surface area contributed by atoms with Gasteiger partial charge in [0.15, 0.2) is 0 Å². The van der Waals surface area contributed by atoms with Crippen LogP contribution < -0.4 is 5.73 Å². The highest BCUT2D eigenvalue weighted by Gasteiger charge is 2.29. The third-order valence-corrected chi connectivity index (χ3v) is 3.34. The fraction of sp³-hybridized carbons (Fsp3) is 0.500. The number of aliphatic hydroxyl groups is 1. The van der Waals surface area contributed by atoms with Crippen LogP contribution in [0.3, 0.4) is 0 Å². The normalized spacial score (nSPS) is 13.1. The smallest absolute Gasteiger partial charge is 0.123 e. The molecule has 0 aliphatic carbocycles. The first kappa shape index (κ1) is 16.7. The van der Waals surface area contributed by atoms with Crippen molar-refractivity contribution >= 4 is 28.3 Å². The number of nitrogens with two attached hydrogens (primary N) is 1. The van der Waals surface area contributed by atoms with Crippen LogP contribution in [0.1, 0.15) is 31.0 Å². The number of phenolic OH excluding ortho intramolecular Hbond substituents is 1. The lowest BCUT2D eigenvalue weighted by Gasteiger charge is -2.30. The lowest BCUT2D eigenvalue weighted by Crippen LogP contribution is -2.32. The number of hydrogen-bond acceptors (Lipinski definition) is 3. The zero-order valence-electron chi connectivity index (χ0n) is 10.2. The molecule has 1 rings (SSSR count). The van der Waals surface area contributed by atoms with E-state index in [1.54, 1.807) is 6.07 Å². The van der Waals surface area contributed by atoms with Crippen LogP contribution in [-0.4, -0.2) is 16.8 Å². The number of phenols is 1. The van der Waals surface area contributed by atoms with Gasteiger partial charge < -0.3 is 15.9 Å². The molecule has 1 atom stereocenters. The minimum Gasteiger partial charge on any atom is -0.507 e. The van der Waals surface area contributed by atoms with Gasteiger partial charge in [0.25, 0.3) is 0 Å². The van der Waals surface area contributed by atoms with E-state index in [9.17, 15) is 10.2 Å². The first-order valence-electron chi connectivity index (χ1n) is 5.15. The van der Waals surface area contributed by atoms with E-state index < -0.39 is 11.5 Å². The average Bonchev–Trinajstić information content (AvgIpc) is 2.22. The van der Waals surface area contributed by atoms with Gasteiger partial charge in [0, 0.05) is 28.1 Å². The van der Waals surface area contributed by atoms with Gasteiger partial charge in [-0.05, 0) is 24.6 Å². The molecule has 1 aromatic rings. The largest absolute Gasteiger partial charge is 0.507 e. The Morgan fingerprint density at radius 2 is 1.94 bits per heavy atom. The van der Waals surface area contributed by atoms with E-state index in [1.165, 1.54) is 0 Å². The van der Waals surface area contributed by atoms with Crippen LogP contribution in [0, 0.1) is 12.3 Å². The molecular formula is C12H19BrClNO2. The van der Waals surface area contributed by atoms with Crippen molar-refractivity contribution in [3.05, 3.63) is 27.7 Å². The van der Waals surface area contributed by atoms with Crippen LogP contribution in [0.5, 0.6) is 5.75 Å². The number of aryl methyl sites for hydroxylation is 1. The zero-order valence-corrected chi connectivity index (χ0v) is 12.6. The SMILES string of the molecule is Cc1cc(Br)cc([C@H](N)C(C)(C)CO)c1O.Cl. The number of hydrogen-bond donors (Lipinski definition) is 3. The lowest BCUT2D eigenvalue weighted by atomic mass is 9.81. The van der Waals surface area contributed by atoms with E-state index >= 15 is 0 Å². The summed E-state index contributed by atoms with van der Waals surface area (Å²) in [4.78, 5) is 0. The van der Waals surface area contributed by atoms with Crippen LogP contribution in [0.25, 0.3) is 0 Å². The van der Waals surface area contributed by atoms with Gasteiger partial charge in [-0.1, -0.05) is 29.8 Å². The summed E-state index contributed by atoms with van der Waals surface area (Å²) in [6.45, 7) is 5.53. The Hall–Kier alpha value is -0.290. The van der Waals surface area contributed by atoms with Gasteiger partial charge in [-0.25, -0.2) is 0 Å². The Balaban J connectivity index is 0.00000256. The van der Waals surface area contributed by atoms with Crippen molar-refractivity contribution in [3.8, 4) is 5.75 Å². The van der Waals surface area contributed by atoms with Crippen LogP contribution >= 0.6 is 28.3 Å². The second-order valence-corrected chi connectivity index (χ2v) is 5.70. The molecule has 0 spiro atoms. The molecule has 98 valence electrons. The first-order valence-corrected chi connectivity index (χ1v) is 5.94. The van der Waals surface area contributed by atoms with Crippen molar-refractivity contribution in [2.45, 2.75) is 26.8 Å². The summed E-state index contributed by atoms with van der Waals surface area (Å²) in [6, 6.07) is 3.22. The molecule has 1 aromatic carbocycles. The molecule has 0 saturated heterocycles.